The number of carbonyl (C=O) groups excluding carboxylic acids is 1. The number of likely N-dealkylation sites (tertiary alicyclic amines) is 1. The highest BCUT2D eigenvalue weighted by molar-refractivity contribution is 7.92. The highest BCUT2D eigenvalue weighted by Gasteiger charge is 2.33. The molecule has 1 aromatic heterocycles. The van der Waals surface area contributed by atoms with Crippen molar-refractivity contribution in [2.45, 2.75) is 22.6 Å². The van der Waals surface area contributed by atoms with Crippen LogP contribution in [0.3, 0.4) is 0 Å². The van der Waals surface area contributed by atoms with E-state index in [-0.39, 0.29) is 37.4 Å². The predicted molar refractivity (Wildman–Crippen MR) is 115 cm³/mol. The van der Waals surface area contributed by atoms with Crippen LogP contribution in [0.2, 0.25) is 10.0 Å². The fourth-order valence-corrected chi connectivity index (χ4v) is 5.85. The largest absolute Gasteiger partial charge is 0.495 e. The molecule has 156 valence electrons. The highest BCUT2D eigenvalue weighted by Crippen LogP contribution is 2.37. The van der Waals surface area contributed by atoms with Crippen LogP contribution < -0.4 is 4.74 Å². The van der Waals surface area contributed by atoms with E-state index in [9.17, 15) is 13.2 Å². The number of halogens is 2. The first-order valence-electron chi connectivity index (χ1n) is 9.29. The predicted octanol–water partition coefficient (Wildman–Crippen LogP) is 4.62. The molecule has 2 aromatic carbocycles. The van der Waals surface area contributed by atoms with Crippen LogP contribution in [0.5, 0.6) is 5.75 Å². The van der Waals surface area contributed by atoms with E-state index >= 15 is 0 Å². The van der Waals surface area contributed by atoms with Crippen LogP contribution in [0.4, 0.5) is 0 Å². The molecule has 0 unspecified atom stereocenters. The number of ether oxygens (including phenoxy) is 1. The second-order valence-corrected chi connectivity index (χ2v) is 9.69. The molecule has 0 spiro atoms. The summed E-state index contributed by atoms with van der Waals surface area (Å²) in [6.45, 7) is 1.15. The number of amides is 1. The fourth-order valence-electron chi connectivity index (χ4n) is 3.64. The molecule has 6 nitrogen and oxygen atoms in total. The quantitative estimate of drug-likeness (QED) is 0.562. The molecule has 0 saturated carbocycles. The molecule has 4 rings (SSSR count). The van der Waals surface area contributed by atoms with Gasteiger partial charge in [0.1, 0.15) is 10.6 Å². The standard InChI is InChI=1S/C21H18Cl2N2O4S/c1-29-18-7-5-14(23)11-19(18)30(27,28)20-15-10-13(22)4-6-17(15)24-12-16(20)21(26)25-8-2-3-9-25/h4-7,10-12H,2-3,8-9H2,1H3. The van der Waals surface area contributed by atoms with Crippen LogP contribution in [0.1, 0.15) is 23.2 Å². The van der Waals surface area contributed by atoms with E-state index in [0.29, 0.717) is 23.6 Å². The molecule has 0 radical (unpaired) electrons. The summed E-state index contributed by atoms with van der Waals surface area (Å²) in [6.07, 6.45) is 3.08. The van der Waals surface area contributed by atoms with Gasteiger partial charge < -0.3 is 9.64 Å². The van der Waals surface area contributed by atoms with E-state index in [1.165, 1.54) is 37.6 Å². The number of carbonyl (C=O) groups is 1. The van der Waals surface area contributed by atoms with Crippen molar-refractivity contribution in [2.24, 2.45) is 0 Å². The lowest BCUT2D eigenvalue weighted by molar-refractivity contribution is 0.0789. The minimum Gasteiger partial charge on any atom is -0.495 e. The summed E-state index contributed by atoms with van der Waals surface area (Å²) in [7, 11) is -2.83. The Kier molecular flexibility index (Phi) is 5.61. The minimum atomic E-state index is -4.21. The van der Waals surface area contributed by atoms with Gasteiger partial charge in [0.25, 0.3) is 5.91 Å². The van der Waals surface area contributed by atoms with Gasteiger partial charge in [-0.25, -0.2) is 8.42 Å². The summed E-state index contributed by atoms with van der Waals surface area (Å²) in [5.74, 6) is -0.243. The number of pyridine rings is 1. The Balaban J connectivity index is 2.05. The van der Waals surface area contributed by atoms with Gasteiger partial charge in [0.15, 0.2) is 0 Å². The summed E-state index contributed by atoms with van der Waals surface area (Å²) in [6, 6.07) is 9.08. The normalized spacial score (nSPS) is 14.3. The Morgan fingerprint density at radius 2 is 1.73 bits per heavy atom. The van der Waals surface area contributed by atoms with E-state index < -0.39 is 9.84 Å². The van der Waals surface area contributed by atoms with Crippen LogP contribution in [-0.2, 0) is 9.84 Å². The Morgan fingerprint density at radius 3 is 2.43 bits per heavy atom. The number of nitrogens with zero attached hydrogens (tertiary/aromatic N) is 2. The smallest absolute Gasteiger partial charge is 0.256 e. The fraction of sp³-hybridized carbons (Fsp3) is 0.238. The Morgan fingerprint density at radius 1 is 1.07 bits per heavy atom. The van der Waals surface area contributed by atoms with Crippen molar-refractivity contribution >= 4 is 49.8 Å². The Labute approximate surface area is 184 Å². The maximum absolute atomic E-state index is 13.9. The molecule has 1 fully saturated rings. The van der Waals surface area contributed by atoms with Crippen LogP contribution in [-0.4, -0.2) is 44.4 Å². The summed E-state index contributed by atoms with van der Waals surface area (Å²) in [5, 5.41) is 0.845. The van der Waals surface area contributed by atoms with Crippen LogP contribution in [0.25, 0.3) is 10.9 Å². The average Bonchev–Trinajstić information content (AvgIpc) is 3.27. The molecular formula is C21H18Cl2N2O4S. The third kappa shape index (κ3) is 3.62. The van der Waals surface area contributed by atoms with Gasteiger partial charge in [0.2, 0.25) is 9.84 Å². The van der Waals surface area contributed by atoms with E-state index in [2.05, 4.69) is 4.98 Å². The summed E-state index contributed by atoms with van der Waals surface area (Å²) in [4.78, 5) is 18.9. The second-order valence-electron chi connectivity index (χ2n) is 6.96. The van der Waals surface area contributed by atoms with E-state index in [1.807, 2.05) is 0 Å². The molecular weight excluding hydrogens is 447 g/mol. The minimum absolute atomic E-state index is 0.00805. The van der Waals surface area contributed by atoms with Crippen molar-refractivity contribution in [2.75, 3.05) is 20.2 Å². The lowest BCUT2D eigenvalue weighted by Gasteiger charge is -2.19. The van der Waals surface area contributed by atoms with E-state index in [0.717, 1.165) is 12.8 Å². The monoisotopic (exact) mass is 464 g/mol. The Hall–Kier alpha value is -2.35. The zero-order valence-corrected chi connectivity index (χ0v) is 18.4. The molecule has 0 aliphatic carbocycles. The molecule has 1 aliphatic heterocycles. The van der Waals surface area contributed by atoms with Gasteiger partial charge in [-0.3, -0.25) is 9.78 Å². The maximum atomic E-state index is 13.9. The molecule has 2 heterocycles. The number of sulfone groups is 1. The van der Waals surface area contributed by atoms with Crippen LogP contribution in [0.15, 0.2) is 52.4 Å². The van der Waals surface area contributed by atoms with Crippen molar-refractivity contribution in [3.05, 3.63) is 58.2 Å². The van der Waals surface area contributed by atoms with Crippen molar-refractivity contribution in [3.8, 4) is 5.75 Å². The van der Waals surface area contributed by atoms with Crippen molar-refractivity contribution in [1.29, 1.82) is 0 Å². The van der Waals surface area contributed by atoms with Crippen molar-refractivity contribution in [3.63, 3.8) is 0 Å². The summed E-state index contributed by atoms with van der Waals surface area (Å²) >= 11 is 12.3. The second kappa shape index (κ2) is 8.06. The van der Waals surface area contributed by atoms with Crippen LogP contribution in [0, 0.1) is 0 Å². The molecule has 0 atom stereocenters. The summed E-state index contributed by atoms with van der Waals surface area (Å²) in [5.41, 5.74) is 0.422. The third-order valence-electron chi connectivity index (χ3n) is 5.09. The van der Waals surface area contributed by atoms with Gasteiger partial charge >= 0.3 is 0 Å². The topological polar surface area (TPSA) is 76.6 Å². The maximum Gasteiger partial charge on any atom is 0.256 e. The van der Waals surface area contributed by atoms with Gasteiger partial charge in [0, 0.05) is 34.7 Å². The molecule has 30 heavy (non-hydrogen) atoms. The zero-order valence-electron chi connectivity index (χ0n) is 16.1. The molecule has 0 N–H and O–H groups in total. The average molecular weight is 465 g/mol. The number of hydrogen-bond donors (Lipinski definition) is 0. The number of benzene rings is 2. The number of aromatic nitrogens is 1. The molecule has 1 amide bonds. The van der Waals surface area contributed by atoms with Gasteiger partial charge in [-0.1, -0.05) is 23.2 Å². The van der Waals surface area contributed by atoms with E-state index in [1.54, 1.807) is 17.0 Å². The third-order valence-corrected chi connectivity index (χ3v) is 7.43. The first-order chi connectivity index (χ1) is 14.3. The number of fused-ring (bicyclic) bond motifs is 1. The lowest BCUT2D eigenvalue weighted by Crippen LogP contribution is -2.29. The first kappa shape index (κ1) is 20.9. The van der Waals surface area contributed by atoms with E-state index in [4.69, 9.17) is 27.9 Å². The van der Waals surface area contributed by atoms with Gasteiger partial charge in [-0.15, -0.1) is 0 Å². The van der Waals surface area contributed by atoms with Gasteiger partial charge in [-0.05, 0) is 49.2 Å². The molecule has 0 bridgehead atoms. The number of hydrogen-bond acceptors (Lipinski definition) is 5. The summed E-state index contributed by atoms with van der Waals surface area (Å²) < 4.78 is 33.0. The number of methoxy groups -OCH3 is 1. The van der Waals surface area contributed by atoms with Crippen molar-refractivity contribution < 1.29 is 17.9 Å². The van der Waals surface area contributed by atoms with Crippen LogP contribution >= 0.6 is 23.2 Å². The van der Waals surface area contributed by atoms with Crippen molar-refractivity contribution in [1.82, 2.24) is 9.88 Å². The van der Waals surface area contributed by atoms with Gasteiger partial charge in [-0.2, -0.15) is 0 Å². The molecule has 3 aromatic rings. The molecule has 1 aliphatic rings. The Bertz CT molecular complexity index is 1260. The highest BCUT2D eigenvalue weighted by atomic mass is 35.5. The first-order valence-corrected chi connectivity index (χ1v) is 11.5. The SMILES string of the molecule is COc1ccc(Cl)cc1S(=O)(=O)c1c(C(=O)N2CCCC2)cnc2ccc(Cl)cc12. The molecule has 1 saturated heterocycles. The lowest BCUT2D eigenvalue weighted by atomic mass is 10.1. The zero-order chi connectivity index (χ0) is 21.5. The van der Waals surface area contributed by atoms with Gasteiger partial charge in [0.05, 0.1) is 23.1 Å². The number of rotatable bonds is 4. The molecule has 9 heteroatoms.